The number of carbonyl (C=O) groups excluding carboxylic acids is 1. The Kier molecular flexibility index (Phi) is 6.51. The molecule has 3 aromatic heterocycles. The van der Waals surface area contributed by atoms with Gasteiger partial charge in [-0.2, -0.15) is 18.2 Å². The molecule has 0 fully saturated rings. The number of rotatable bonds is 7. The highest BCUT2D eigenvalue weighted by molar-refractivity contribution is 5.82. The largest absolute Gasteiger partial charge is 0.422 e. The molecule has 2 aromatic carbocycles. The molecule has 2 N–H and O–H groups in total. The smallest absolute Gasteiger partial charge is 0.378 e. The second-order valence-electron chi connectivity index (χ2n) is 8.26. The standard InChI is InChI=1S/C25H19F3N6O4/c1-34-13-29-11-17(34)12-30-23(36)20(35)15-7-9-16(10-8-15)22-31-24(38-33-22)21-18(25(26,27)28)19(32-37-21)14-5-3-2-4-6-14/h2-11,13,20,35H,12H2,1H3,(H,30,36). The summed E-state index contributed by atoms with van der Waals surface area (Å²) >= 11 is 0. The number of aryl methyl sites for hydroxylation is 1. The van der Waals surface area contributed by atoms with Crippen molar-refractivity contribution in [3.05, 3.63) is 83.9 Å². The molecule has 1 amide bonds. The van der Waals surface area contributed by atoms with E-state index in [9.17, 15) is 23.1 Å². The van der Waals surface area contributed by atoms with Crippen molar-refractivity contribution in [1.82, 2.24) is 30.2 Å². The van der Waals surface area contributed by atoms with E-state index in [-0.39, 0.29) is 17.9 Å². The van der Waals surface area contributed by atoms with Gasteiger partial charge in [-0.15, -0.1) is 0 Å². The zero-order valence-electron chi connectivity index (χ0n) is 19.7. The summed E-state index contributed by atoms with van der Waals surface area (Å²) in [6.45, 7) is 0.184. The van der Waals surface area contributed by atoms with E-state index in [0.29, 0.717) is 11.1 Å². The molecule has 3 heterocycles. The monoisotopic (exact) mass is 524 g/mol. The van der Waals surface area contributed by atoms with Crippen LogP contribution in [0.15, 0.2) is 76.2 Å². The summed E-state index contributed by atoms with van der Waals surface area (Å²) in [5.74, 6) is -1.83. The zero-order chi connectivity index (χ0) is 26.9. The number of hydrogen-bond donors (Lipinski definition) is 2. The SMILES string of the molecule is Cn1cncc1CNC(=O)C(O)c1ccc(-c2noc(-c3onc(-c4ccccc4)c3C(F)(F)F)n2)cc1. The summed E-state index contributed by atoms with van der Waals surface area (Å²) < 4.78 is 53.6. The highest BCUT2D eigenvalue weighted by Crippen LogP contribution is 2.43. The normalized spacial score (nSPS) is 12.4. The second-order valence-corrected chi connectivity index (χ2v) is 8.26. The van der Waals surface area contributed by atoms with Gasteiger partial charge in [-0.25, -0.2) is 4.98 Å². The van der Waals surface area contributed by atoms with Gasteiger partial charge < -0.3 is 24.0 Å². The molecule has 0 radical (unpaired) electrons. The molecule has 0 aliphatic rings. The van der Waals surface area contributed by atoms with E-state index in [2.05, 4.69) is 25.6 Å². The Hall–Kier alpha value is -4.78. The van der Waals surface area contributed by atoms with Gasteiger partial charge in [-0.1, -0.05) is 64.9 Å². The highest BCUT2D eigenvalue weighted by atomic mass is 19.4. The molecule has 38 heavy (non-hydrogen) atoms. The van der Waals surface area contributed by atoms with Crippen LogP contribution in [0.4, 0.5) is 13.2 Å². The fourth-order valence-corrected chi connectivity index (χ4v) is 3.72. The summed E-state index contributed by atoms with van der Waals surface area (Å²) in [4.78, 5) is 20.3. The molecule has 0 aliphatic carbocycles. The van der Waals surface area contributed by atoms with Gasteiger partial charge in [-0.3, -0.25) is 4.79 Å². The Morgan fingerprint density at radius 3 is 2.45 bits per heavy atom. The van der Waals surface area contributed by atoms with Crippen molar-refractivity contribution >= 4 is 5.91 Å². The maximum atomic E-state index is 13.9. The number of aliphatic hydroxyl groups excluding tert-OH is 1. The van der Waals surface area contributed by atoms with Crippen LogP contribution in [0.3, 0.4) is 0 Å². The maximum Gasteiger partial charge on any atom is 0.422 e. The van der Waals surface area contributed by atoms with Gasteiger partial charge in [0.15, 0.2) is 6.10 Å². The minimum absolute atomic E-state index is 0.0208. The van der Waals surface area contributed by atoms with Crippen molar-refractivity contribution in [1.29, 1.82) is 0 Å². The third-order valence-corrected chi connectivity index (χ3v) is 5.74. The third-order valence-electron chi connectivity index (χ3n) is 5.74. The number of hydrogen-bond acceptors (Lipinski definition) is 8. The van der Waals surface area contributed by atoms with Gasteiger partial charge in [-0.05, 0) is 5.56 Å². The minimum Gasteiger partial charge on any atom is -0.378 e. The van der Waals surface area contributed by atoms with Gasteiger partial charge in [0.05, 0.1) is 18.6 Å². The van der Waals surface area contributed by atoms with Crippen molar-refractivity contribution in [2.75, 3.05) is 0 Å². The number of aliphatic hydroxyl groups is 1. The number of aromatic nitrogens is 5. The van der Waals surface area contributed by atoms with Crippen LogP contribution in [0.2, 0.25) is 0 Å². The van der Waals surface area contributed by atoms with E-state index < -0.39 is 41.1 Å². The van der Waals surface area contributed by atoms with Gasteiger partial charge in [0.1, 0.15) is 11.3 Å². The predicted octanol–water partition coefficient (Wildman–Crippen LogP) is 4.16. The lowest BCUT2D eigenvalue weighted by atomic mass is 10.1. The number of imidazole rings is 1. The first-order chi connectivity index (χ1) is 18.2. The molecule has 10 nitrogen and oxygen atoms in total. The molecule has 13 heteroatoms. The molecule has 194 valence electrons. The van der Waals surface area contributed by atoms with Gasteiger partial charge in [0.25, 0.3) is 11.8 Å². The molecule has 0 aliphatic heterocycles. The van der Waals surface area contributed by atoms with Gasteiger partial charge in [0.2, 0.25) is 11.6 Å². The first-order valence-electron chi connectivity index (χ1n) is 11.2. The van der Waals surface area contributed by atoms with E-state index in [0.717, 1.165) is 5.69 Å². The van der Waals surface area contributed by atoms with E-state index in [4.69, 9.17) is 9.05 Å². The molecule has 1 unspecified atom stereocenters. The van der Waals surface area contributed by atoms with Crippen molar-refractivity contribution in [2.45, 2.75) is 18.8 Å². The number of halogens is 3. The topological polar surface area (TPSA) is 132 Å². The predicted molar refractivity (Wildman–Crippen MR) is 126 cm³/mol. The Morgan fingerprint density at radius 1 is 1.05 bits per heavy atom. The quantitative estimate of drug-likeness (QED) is 0.324. The summed E-state index contributed by atoms with van der Waals surface area (Å²) in [7, 11) is 1.78. The first kappa shape index (κ1) is 24.9. The molecule has 5 aromatic rings. The van der Waals surface area contributed by atoms with Crippen molar-refractivity contribution in [3.8, 4) is 34.3 Å². The van der Waals surface area contributed by atoms with Crippen molar-refractivity contribution in [3.63, 3.8) is 0 Å². The number of amides is 1. The summed E-state index contributed by atoms with van der Waals surface area (Å²) in [6.07, 6.45) is -3.06. The first-order valence-corrected chi connectivity index (χ1v) is 11.2. The van der Waals surface area contributed by atoms with Gasteiger partial charge in [0, 0.05) is 24.4 Å². The van der Waals surface area contributed by atoms with Crippen LogP contribution in [-0.2, 0) is 24.6 Å². The fraction of sp³-hybridized carbons (Fsp3) is 0.160. The lowest BCUT2D eigenvalue weighted by Crippen LogP contribution is -2.29. The van der Waals surface area contributed by atoms with Gasteiger partial charge >= 0.3 is 6.18 Å². The van der Waals surface area contributed by atoms with Crippen LogP contribution in [-0.4, -0.2) is 35.9 Å². The van der Waals surface area contributed by atoms with Crippen LogP contribution in [0, 0.1) is 0 Å². The average Bonchev–Trinajstić information content (AvgIpc) is 3.66. The fourth-order valence-electron chi connectivity index (χ4n) is 3.72. The van der Waals surface area contributed by atoms with Crippen molar-refractivity contribution in [2.24, 2.45) is 7.05 Å². The van der Waals surface area contributed by atoms with Crippen LogP contribution in [0.1, 0.15) is 22.9 Å². The van der Waals surface area contributed by atoms with E-state index in [1.807, 2.05) is 0 Å². The zero-order valence-corrected chi connectivity index (χ0v) is 19.7. The maximum absolute atomic E-state index is 13.9. The van der Waals surface area contributed by atoms with E-state index in [1.54, 1.807) is 42.3 Å². The summed E-state index contributed by atoms with van der Waals surface area (Å²) in [6, 6.07) is 13.7. The summed E-state index contributed by atoms with van der Waals surface area (Å²) in [5, 5.41) is 20.4. The highest BCUT2D eigenvalue weighted by Gasteiger charge is 2.43. The molecule has 0 spiro atoms. The molecular formula is C25H19F3N6O4. The van der Waals surface area contributed by atoms with Crippen LogP contribution >= 0.6 is 0 Å². The lowest BCUT2D eigenvalue weighted by Gasteiger charge is -2.12. The summed E-state index contributed by atoms with van der Waals surface area (Å²) in [5.41, 5.74) is 0.116. The Balaban J connectivity index is 1.35. The Labute approximate surface area is 212 Å². The number of nitrogens with zero attached hydrogens (tertiary/aromatic N) is 5. The van der Waals surface area contributed by atoms with Crippen molar-refractivity contribution < 1.29 is 32.1 Å². The Morgan fingerprint density at radius 2 is 1.79 bits per heavy atom. The van der Waals surface area contributed by atoms with Crippen LogP contribution in [0.25, 0.3) is 34.3 Å². The molecule has 5 rings (SSSR count). The third kappa shape index (κ3) is 4.91. The van der Waals surface area contributed by atoms with Crippen LogP contribution in [0.5, 0.6) is 0 Å². The number of carbonyl (C=O) groups is 1. The number of benzene rings is 2. The van der Waals surface area contributed by atoms with Crippen LogP contribution < -0.4 is 5.32 Å². The number of nitrogens with one attached hydrogen (secondary N) is 1. The molecule has 1 atom stereocenters. The Bertz CT molecular complexity index is 1560. The number of alkyl halides is 3. The molecule has 0 saturated carbocycles. The minimum atomic E-state index is -4.80. The molecular weight excluding hydrogens is 505 g/mol. The molecule has 0 bridgehead atoms. The van der Waals surface area contributed by atoms with E-state index in [1.165, 1.54) is 36.4 Å². The lowest BCUT2D eigenvalue weighted by molar-refractivity contribution is -0.137. The average molecular weight is 524 g/mol. The second kappa shape index (κ2) is 9.94. The van der Waals surface area contributed by atoms with E-state index >= 15 is 0 Å². The molecule has 0 saturated heterocycles.